The van der Waals surface area contributed by atoms with Crippen LogP contribution in [0.15, 0.2) is 29.7 Å². The Morgan fingerprint density at radius 2 is 2.08 bits per heavy atom. The van der Waals surface area contributed by atoms with E-state index in [2.05, 4.69) is 30.2 Å². The van der Waals surface area contributed by atoms with Crippen molar-refractivity contribution < 1.29 is 46.2 Å². The average molecular weight is 789 g/mol. The van der Waals surface area contributed by atoms with Crippen LogP contribution in [0.3, 0.4) is 0 Å². The summed E-state index contributed by atoms with van der Waals surface area (Å²) in [6.07, 6.45) is -3.03. The number of carbonyl (C=O) groups is 1. The van der Waals surface area contributed by atoms with Gasteiger partial charge in [-0.15, -0.1) is 0 Å². The molecule has 0 radical (unpaired) electrons. The van der Waals surface area contributed by atoms with Crippen molar-refractivity contribution in [2.24, 2.45) is 17.8 Å². The van der Waals surface area contributed by atoms with Crippen LogP contribution in [0.4, 0.5) is 10.3 Å². The van der Waals surface area contributed by atoms with Gasteiger partial charge in [-0.3, -0.25) is 24.5 Å². The van der Waals surface area contributed by atoms with Crippen molar-refractivity contribution in [2.75, 3.05) is 25.1 Å². The second-order valence-corrected chi connectivity index (χ2v) is 18.1. The minimum Gasteiger partial charge on any atom is -0.471 e. The molecule has 10 atom stereocenters. The summed E-state index contributed by atoms with van der Waals surface area (Å²) in [5, 5.41) is 11.8. The van der Waals surface area contributed by atoms with E-state index in [9.17, 15) is 19.7 Å². The zero-order valence-electron chi connectivity index (χ0n) is 27.4. The number of ether oxygens (including phenoxy) is 2. The third-order valence-corrected chi connectivity index (χ3v) is 12.4. The highest BCUT2D eigenvalue weighted by molar-refractivity contribution is 8.07. The molecular weight excluding hydrogens is 753 g/mol. The van der Waals surface area contributed by atoms with Gasteiger partial charge in [-0.05, 0) is 30.0 Å². The van der Waals surface area contributed by atoms with Crippen molar-refractivity contribution in [3.05, 3.63) is 35.3 Å². The van der Waals surface area contributed by atoms with Gasteiger partial charge in [-0.1, -0.05) is 20.8 Å². The Hall–Kier alpha value is -2.86. The molecule has 0 spiro atoms. The number of nitrogens with one attached hydrogen (secondary N) is 2. The second-order valence-electron chi connectivity index (χ2n) is 12.3. The zero-order valence-corrected chi connectivity index (χ0v) is 30.9. The van der Waals surface area contributed by atoms with E-state index in [-0.39, 0.29) is 61.6 Å². The molecule has 5 heterocycles. The van der Waals surface area contributed by atoms with Crippen LogP contribution in [0.5, 0.6) is 5.88 Å². The van der Waals surface area contributed by atoms with Crippen molar-refractivity contribution in [1.29, 1.82) is 5.26 Å². The van der Waals surface area contributed by atoms with Crippen molar-refractivity contribution in [3.8, 4) is 11.9 Å². The molecule has 2 bridgehead atoms. The Morgan fingerprint density at radius 1 is 1.27 bits per heavy atom. The number of amides is 1. The van der Waals surface area contributed by atoms with Gasteiger partial charge in [-0.2, -0.15) is 10.2 Å². The number of nitriles is 1. The van der Waals surface area contributed by atoms with Crippen LogP contribution in [0.2, 0.25) is 0 Å². The molecule has 3 aromatic rings. The molecule has 3 aliphatic rings. The van der Waals surface area contributed by atoms with Crippen LogP contribution in [0, 0.1) is 29.1 Å². The van der Waals surface area contributed by atoms with Gasteiger partial charge in [0.15, 0.2) is 23.6 Å². The van der Waals surface area contributed by atoms with Crippen LogP contribution in [0.25, 0.3) is 11.2 Å². The van der Waals surface area contributed by atoms with Gasteiger partial charge in [0.05, 0.1) is 44.7 Å². The van der Waals surface area contributed by atoms with E-state index in [0.717, 1.165) is 0 Å². The normalized spacial score (nSPS) is 34.2. The topological polar surface area (TPSA) is 227 Å². The van der Waals surface area contributed by atoms with E-state index < -0.39 is 73.6 Å². The van der Waals surface area contributed by atoms with Crippen molar-refractivity contribution in [2.45, 2.75) is 70.4 Å². The molecule has 3 fully saturated rings. The Morgan fingerprint density at radius 3 is 2.80 bits per heavy atom. The number of alkyl halides is 1. The van der Waals surface area contributed by atoms with E-state index >= 15 is 4.39 Å². The van der Waals surface area contributed by atoms with E-state index in [4.69, 9.17) is 55.7 Å². The molecule has 1 aliphatic carbocycles. The number of imidazole rings is 1. The molecular formula is C28H35FN8O10P2S2. The second kappa shape index (κ2) is 15.6. The first-order valence-electron chi connectivity index (χ1n) is 15.9. The summed E-state index contributed by atoms with van der Waals surface area (Å²) in [4.78, 5) is 55.5. The molecule has 3 unspecified atom stereocenters. The standard InChI is InChI=1S/C28H35FN8O10P2S2/c1-14(2)25(38)35-28-34-24-21(26(39)36-28)33-13-37(24)27-22-15(3)18(45-27)11-42-48(40,50)46-23-16(10-43-49(51,47-22)41-8-4-6-30)9-17(20(23)29)44-19-5-7-31-12-32-19/h5,7,12-18,20,22-23,27H,4,8-11H2,1-3H3,(H,40,50)(H2,34,35,36,38,39)/t15-,16-,17-,18?,20+,22-,23-,27-,48?,49?/m1/s1. The predicted octanol–water partition coefficient (Wildman–Crippen LogP) is 3.03. The van der Waals surface area contributed by atoms with Gasteiger partial charge < -0.3 is 37.0 Å². The summed E-state index contributed by atoms with van der Waals surface area (Å²) in [6.45, 7) is -3.44. The average Bonchev–Trinajstić information content (AvgIpc) is 3.73. The first kappa shape index (κ1) is 37.9. The maximum Gasteiger partial charge on any atom is 0.327 e. The number of anilines is 1. The van der Waals surface area contributed by atoms with E-state index in [1.807, 2.05) is 6.07 Å². The molecule has 0 aromatic carbocycles. The number of hydrogen-bond donors (Lipinski definition) is 3. The van der Waals surface area contributed by atoms with Crippen LogP contribution >= 0.6 is 13.4 Å². The Kier molecular flexibility index (Phi) is 11.6. The molecule has 6 rings (SSSR count). The number of aromatic nitrogens is 6. The minimum absolute atomic E-state index is 0.0323. The van der Waals surface area contributed by atoms with E-state index in [1.54, 1.807) is 20.8 Å². The fourth-order valence-electron chi connectivity index (χ4n) is 5.79. The van der Waals surface area contributed by atoms with Crippen LogP contribution < -0.4 is 15.6 Å². The molecule has 18 nitrogen and oxygen atoms in total. The summed E-state index contributed by atoms with van der Waals surface area (Å²) in [5.41, 5.74) is -0.610. The summed E-state index contributed by atoms with van der Waals surface area (Å²) in [5.74, 6) is -2.08. The van der Waals surface area contributed by atoms with Crippen molar-refractivity contribution in [1.82, 2.24) is 29.5 Å². The largest absolute Gasteiger partial charge is 0.471 e. The first-order valence-corrected chi connectivity index (χ1v) is 21.0. The number of nitrogens with zero attached hydrogens (tertiary/aromatic N) is 6. The van der Waals surface area contributed by atoms with Gasteiger partial charge in [0.25, 0.3) is 5.56 Å². The fraction of sp³-hybridized carbons (Fsp3) is 0.607. The number of halogens is 1. The van der Waals surface area contributed by atoms with Crippen molar-refractivity contribution >= 4 is 60.1 Å². The molecule has 3 aromatic heterocycles. The lowest BCUT2D eigenvalue weighted by Crippen LogP contribution is -2.33. The quantitative estimate of drug-likeness (QED) is 0.220. The van der Waals surface area contributed by atoms with E-state index in [0.29, 0.717) is 0 Å². The van der Waals surface area contributed by atoms with Crippen LogP contribution in [-0.2, 0) is 55.8 Å². The first-order chi connectivity index (χ1) is 24.3. The van der Waals surface area contributed by atoms with Crippen molar-refractivity contribution in [3.63, 3.8) is 0 Å². The van der Waals surface area contributed by atoms with Gasteiger partial charge in [0.1, 0.15) is 24.6 Å². The van der Waals surface area contributed by atoms with Gasteiger partial charge in [0.2, 0.25) is 17.7 Å². The molecule has 1 saturated carbocycles. The predicted molar refractivity (Wildman–Crippen MR) is 183 cm³/mol. The molecule has 51 heavy (non-hydrogen) atoms. The summed E-state index contributed by atoms with van der Waals surface area (Å²) in [7, 11) is 0. The molecule has 3 N–H and O–H groups in total. The number of H-pyrrole nitrogens is 1. The lowest BCUT2D eigenvalue weighted by Gasteiger charge is -2.31. The highest BCUT2D eigenvalue weighted by Gasteiger charge is 2.52. The highest BCUT2D eigenvalue weighted by Crippen LogP contribution is 2.58. The molecule has 276 valence electrons. The zero-order chi connectivity index (χ0) is 36.5. The third kappa shape index (κ3) is 8.53. The minimum atomic E-state index is -4.10. The number of fused-ring (bicyclic) bond motifs is 4. The summed E-state index contributed by atoms with van der Waals surface area (Å²) < 4.78 is 59.7. The smallest absolute Gasteiger partial charge is 0.327 e. The lowest BCUT2D eigenvalue weighted by molar-refractivity contribution is -0.118. The lowest BCUT2D eigenvalue weighted by atomic mass is 10.0. The monoisotopic (exact) mass is 788 g/mol. The van der Waals surface area contributed by atoms with Crippen LogP contribution in [0.1, 0.15) is 39.8 Å². The fourth-order valence-corrected chi connectivity index (χ4v) is 9.45. The van der Waals surface area contributed by atoms with Gasteiger partial charge in [-0.25, -0.2) is 19.3 Å². The molecule has 23 heteroatoms. The third-order valence-electron chi connectivity index (χ3n) is 8.49. The number of carbonyl (C=O) groups excluding carboxylic acids is 1. The SMILES string of the molecule is CC(C)C(=O)Nc1nc2c(ncn2[C@@H]2OC3COP(O)(=S)O[C@@H]4[C@@H](COP(=S)(OCCC#N)O[C@@H]2[C@@H]3C)C[C@@H](Oc2ccncn2)[C@@H]4F)c(=O)[nH]1. The Balaban J connectivity index is 1.34. The molecule has 2 aliphatic heterocycles. The molecule has 2 saturated heterocycles. The van der Waals surface area contributed by atoms with Crippen LogP contribution in [-0.4, -0.2) is 90.7 Å². The summed E-state index contributed by atoms with van der Waals surface area (Å²) in [6, 6.07) is 3.46. The molecule has 1 amide bonds. The Labute approximate surface area is 300 Å². The number of hydrogen-bond acceptors (Lipinski definition) is 16. The van der Waals surface area contributed by atoms with E-state index in [1.165, 1.54) is 29.5 Å². The highest BCUT2D eigenvalue weighted by atomic mass is 32.5. The van der Waals surface area contributed by atoms with Gasteiger partial charge in [0, 0.05) is 30.0 Å². The van der Waals surface area contributed by atoms with Gasteiger partial charge >= 0.3 is 13.4 Å². The maximum atomic E-state index is 16.0. The summed E-state index contributed by atoms with van der Waals surface area (Å²) >= 11 is 11.2. The number of rotatable bonds is 8. The Bertz CT molecular complexity index is 1940. The number of aromatic amines is 1. The maximum absolute atomic E-state index is 16.0.